The molecule has 1 aromatic heterocycles. The van der Waals surface area contributed by atoms with E-state index in [1.165, 1.54) is 0 Å². The topological polar surface area (TPSA) is 59.8 Å². The van der Waals surface area contributed by atoms with Gasteiger partial charge in [-0.3, -0.25) is 4.90 Å². The number of aromatic nitrogens is 2. The second-order valence-electron chi connectivity index (χ2n) is 5.95. The highest BCUT2D eigenvalue weighted by molar-refractivity contribution is 4.94. The van der Waals surface area contributed by atoms with Crippen molar-refractivity contribution in [3.8, 4) is 0 Å². The van der Waals surface area contributed by atoms with E-state index < -0.39 is 0 Å². The fourth-order valence-electron chi connectivity index (χ4n) is 3.12. The lowest BCUT2D eigenvalue weighted by Gasteiger charge is -2.41. The fraction of sp³-hybridized carbons (Fsp3) is 0.800. The second kappa shape index (κ2) is 7.89. The maximum absolute atomic E-state index is 9.83. The smallest absolute Gasteiger partial charge is 0.124 e. The standard InChI is InChI=1S/C15H27N3O3/c1-20-9-5-15(12-19)4-3-7-17(11-15)10-14-16-6-8-18(14)13-21-2/h6,8,19H,3-5,7,9-13H2,1-2H3/t15-/m0/s1. The van der Waals surface area contributed by atoms with E-state index in [0.717, 1.165) is 44.7 Å². The van der Waals surface area contributed by atoms with Crippen molar-refractivity contribution in [2.75, 3.05) is 40.5 Å². The summed E-state index contributed by atoms with van der Waals surface area (Å²) in [6, 6.07) is 0. The molecule has 1 aliphatic rings. The van der Waals surface area contributed by atoms with Crippen LogP contribution in [0.5, 0.6) is 0 Å². The molecule has 21 heavy (non-hydrogen) atoms. The lowest BCUT2D eigenvalue weighted by molar-refractivity contribution is 0.00296. The van der Waals surface area contributed by atoms with Crippen LogP contribution in [0.2, 0.25) is 0 Å². The lowest BCUT2D eigenvalue weighted by Crippen LogP contribution is -2.45. The van der Waals surface area contributed by atoms with E-state index in [2.05, 4.69) is 9.88 Å². The van der Waals surface area contributed by atoms with Gasteiger partial charge in [0.05, 0.1) is 13.2 Å². The Kier molecular flexibility index (Phi) is 6.17. The molecule has 0 aliphatic carbocycles. The number of imidazole rings is 1. The highest BCUT2D eigenvalue weighted by Gasteiger charge is 2.34. The molecule has 1 atom stereocenters. The van der Waals surface area contributed by atoms with E-state index in [1.54, 1.807) is 14.2 Å². The zero-order valence-corrected chi connectivity index (χ0v) is 13.1. The van der Waals surface area contributed by atoms with Crippen LogP contribution in [0.4, 0.5) is 0 Å². The van der Waals surface area contributed by atoms with Crippen molar-refractivity contribution in [1.82, 2.24) is 14.5 Å². The van der Waals surface area contributed by atoms with Crippen LogP contribution in [-0.4, -0.2) is 60.1 Å². The first kappa shape index (κ1) is 16.4. The van der Waals surface area contributed by atoms with Crippen molar-refractivity contribution < 1.29 is 14.6 Å². The van der Waals surface area contributed by atoms with E-state index in [1.807, 2.05) is 17.0 Å². The van der Waals surface area contributed by atoms with Crippen LogP contribution in [0, 0.1) is 5.41 Å². The number of ether oxygens (including phenoxy) is 2. The van der Waals surface area contributed by atoms with Crippen LogP contribution in [0.1, 0.15) is 25.1 Å². The van der Waals surface area contributed by atoms with Crippen LogP contribution in [0.15, 0.2) is 12.4 Å². The van der Waals surface area contributed by atoms with Gasteiger partial charge in [-0.05, 0) is 25.8 Å². The molecule has 2 rings (SSSR count). The number of aliphatic hydroxyl groups excluding tert-OH is 1. The van der Waals surface area contributed by atoms with Crippen molar-refractivity contribution in [3.05, 3.63) is 18.2 Å². The van der Waals surface area contributed by atoms with Crippen molar-refractivity contribution in [2.45, 2.75) is 32.5 Å². The van der Waals surface area contributed by atoms with Gasteiger partial charge < -0.3 is 19.1 Å². The summed E-state index contributed by atoms with van der Waals surface area (Å²) >= 11 is 0. The molecule has 1 N–H and O–H groups in total. The number of methoxy groups -OCH3 is 2. The summed E-state index contributed by atoms with van der Waals surface area (Å²) in [5, 5.41) is 9.83. The van der Waals surface area contributed by atoms with E-state index >= 15 is 0 Å². The Morgan fingerprint density at radius 3 is 2.95 bits per heavy atom. The highest BCUT2D eigenvalue weighted by Crippen LogP contribution is 2.33. The third-order valence-electron chi connectivity index (χ3n) is 4.35. The van der Waals surface area contributed by atoms with E-state index in [0.29, 0.717) is 13.3 Å². The second-order valence-corrected chi connectivity index (χ2v) is 5.95. The predicted molar refractivity (Wildman–Crippen MR) is 79.8 cm³/mol. The zero-order valence-electron chi connectivity index (χ0n) is 13.1. The summed E-state index contributed by atoms with van der Waals surface area (Å²) in [4.78, 5) is 6.80. The number of piperidine rings is 1. The molecule has 2 heterocycles. The average Bonchev–Trinajstić information content (AvgIpc) is 2.93. The van der Waals surface area contributed by atoms with Crippen molar-refractivity contribution in [1.29, 1.82) is 0 Å². The normalized spacial score (nSPS) is 23.6. The molecule has 6 nitrogen and oxygen atoms in total. The number of rotatable bonds is 8. The molecule has 1 fully saturated rings. The van der Waals surface area contributed by atoms with Crippen LogP contribution >= 0.6 is 0 Å². The first-order chi connectivity index (χ1) is 10.2. The Morgan fingerprint density at radius 1 is 1.38 bits per heavy atom. The van der Waals surface area contributed by atoms with Gasteiger partial charge in [0.15, 0.2) is 0 Å². The van der Waals surface area contributed by atoms with Gasteiger partial charge in [-0.15, -0.1) is 0 Å². The first-order valence-electron chi connectivity index (χ1n) is 7.54. The highest BCUT2D eigenvalue weighted by atomic mass is 16.5. The predicted octanol–water partition coefficient (Wildman–Crippen LogP) is 1.10. The maximum atomic E-state index is 9.83. The van der Waals surface area contributed by atoms with Crippen LogP contribution in [-0.2, 0) is 22.7 Å². The van der Waals surface area contributed by atoms with Gasteiger partial charge in [0, 0.05) is 45.2 Å². The Balaban J connectivity index is 1.98. The van der Waals surface area contributed by atoms with Gasteiger partial charge >= 0.3 is 0 Å². The third-order valence-corrected chi connectivity index (χ3v) is 4.35. The molecule has 0 aromatic carbocycles. The number of aliphatic hydroxyl groups is 1. The Morgan fingerprint density at radius 2 is 2.24 bits per heavy atom. The van der Waals surface area contributed by atoms with Crippen molar-refractivity contribution >= 4 is 0 Å². The number of nitrogens with zero attached hydrogens (tertiary/aromatic N) is 3. The summed E-state index contributed by atoms with van der Waals surface area (Å²) in [6.45, 7) is 4.19. The molecule has 0 bridgehead atoms. The summed E-state index contributed by atoms with van der Waals surface area (Å²) in [5.41, 5.74) is -0.0348. The van der Waals surface area contributed by atoms with Gasteiger partial charge in [0.2, 0.25) is 0 Å². The average molecular weight is 297 g/mol. The van der Waals surface area contributed by atoms with Gasteiger partial charge in [0.25, 0.3) is 0 Å². The molecule has 0 radical (unpaired) electrons. The summed E-state index contributed by atoms with van der Waals surface area (Å²) in [7, 11) is 3.40. The number of hydrogen-bond acceptors (Lipinski definition) is 5. The maximum Gasteiger partial charge on any atom is 0.124 e. The summed E-state index contributed by atoms with van der Waals surface area (Å²) in [5.74, 6) is 1.01. The van der Waals surface area contributed by atoms with Gasteiger partial charge in [-0.25, -0.2) is 4.98 Å². The molecular weight excluding hydrogens is 270 g/mol. The molecule has 1 aromatic rings. The lowest BCUT2D eigenvalue weighted by atomic mass is 9.78. The molecule has 120 valence electrons. The molecule has 0 saturated carbocycles. The quantitative estimate of drug-likeness (QED) is 0.778. The van der Waals surface area contributed by atoms with Crippen molar-refractivity contribution in [2.24, 2.45) is 5.41 Å². The molecule has 0 amide bonds. The van der Waals surface area contributed by atoms with Gasteiger partial charge in [0.1, 0.15) is 12.6 Å². The molecule has 1 aliphatic heterocycles. The molecular formula is C15H27N3O3. The SMILES string of the molecule is COCC[C@@]1(CO)CCCN(Cc2nccn2COC)C1. The van der Waals surface area contributed by atoms with Crippen LogP contribution in [0.3, 0.4) is 0 Å². The Labute approximate surface area is 126 Å². The number of likely N-dealkylation sites (tertiary alicyclic amines) is 1. The molecule has 6 heteroatoms. The summed E-state index contributed by atoms with van der Waals surface area (Å²) < 4.78 is 12.4. The van der Waals surface area contributed by atoms with E-state index in [9.17, 15) is 5.11 Å². The number of hydrogen-bond donors (Lipinski definition) is 1. The Hall–Kier alpha value is -0.950. The minimum absolute atomic E-state index is 0.0348. The molecule has 0 unspecified atom stereocenters. The largest absolute Gasteiger partial charge is 0.396 e. The van der Waals surface area contributed by atoms with Crippen molar-refractivity contribution in [3.63, 3.8) is 0 Å². The molecule has 0 spiro atoms. The van der Waals surface area contributed by atoms with E-state index in [-0.39, 0.29) is 12.0 Å². The van der Waals surface area contributed by atoms with Crippen LogP contribution < -0.4 is 0 Å². The third kappa shape index (κ3) is 4.26. The van der Waals surface area contributed by atoms with Gasteiger partial charge in [-0.2, -0.15) is 0 Å². The zero-order chi connectivity index (χ0) is 15.1. The minimum Gasteiger partial charge on any atom is -0.396 e. The van der Waals surface area contributed by atoms with Crippen LogP contribution in [0.25, 0.3) is 0 Å². The van der Waals surface area contributed by atoms with E-state index in [4.69, 9.17) is 9.47 Å². The Bertz CT molecular complexity index is 424. The summed E-state index contributed by atoms with van der Waals surface area (Å²) in [6.07, 6.45) is 6.82. The molecule has 1 saturated heterocycles. The fourth-order valence-corrected chi connectivity index (χ4v) is 3.12. The monoisotopic (exact) mass is 297 g/mol. The minimum atomic E-state index is -0.0348. The first-order valence-corrected chi connectivity index (χ1v) is 7.54. The van der Waals surface area contributed by atoms with Gasteiger partial charge in [-0.1, -0.05) is 0 Å².